The minimum atomic E-state index is -1.68. The zero-order valence-corrected chi connectivity index (χ0v) is 17.5. The van der Waals surface area contributed by atoms with Crippen LogP contribution in [0, 0.1) is 28.1 Å². The maximum atomic E-state index is 12.9. The van der Waals surface area contributed by atoms with E-state index in [1.54, 1.807) is 25.1 Å². The van der Waals surface area contributed by atoms with Crippen molar-refractivity contribution < 1.29 is 13.9 Å². The largest absolute Gasteiger partial charge is 0.469 e. The molecule has 4 rings (SSSR count). The van der Waals surface area contributed by atoms with E-state index >= 15 is 0 Å². The second-order valence-electron chi connectivity index (χ2n) is 7.32. The molecule has 1 aromatic heterocycles. The van der Waals surface area contributed by atoms with Crippen LogP contribution in [0.3, 0.4) is 0 Å². The number of allylic oxidation sites excluding steroid dienone is 2. The molecule has 0 N–H and O–H groups in total. The normalized spacial score (nSPS) is 16.5. The van der Waals surface area contributed by atoms with E-state index in [1.807, 2.05) is 60.7 Å². The van der Waals surface area contributed by atoms with Crippen LogP contribution in [0.5, 0.6) is 0 Å². The summed E-state index contributed by atoms with van der Waals surface area (Å²) in [4.78, 5) is 12.9. The van der Waals surface area contributed by atoms with Crippen LogP contribution in [0.1, 0.15) is 29.7 Å². The van der Waals surface area contributed by atoms with Gasteiger partial charge in [0.2, 0.25) is 0 Å². The fraction of sp³-hybridized carbons (Fsp3) is 0.148. The number of carbonyl (C=O) groups is 1. The van der Waals surface area contributed by atoms with Crippen LogP contribution in [0.4, 0.5) is 0 Å². The number of rotatable bonds is 5. The molecule has 32 heavy (non-hydrogen) atoms. The molecular formula is C27H20N2O3. The van der Waals surface area contributed by atoms with E-state index in [9.17, 15) is 15.3 Å². The van der Waals surface area contributed by atoms with Gasteiger partial charge in [-0.15, -0.1) is 0 Å². The summed E-state index contributed by atoms with van der Waals surface area (Å²) >= 11 is 0. The van der Waals surface area contributed by atoms with Crippen molar-refractivity contribution in [1.82, 2.24) is 0 Å². The zero-order chi connectivity index (χ0) is 22.6. The quantitative estimate of drug-likeness (QED) is 0.516. The first kappa shape index (κ1) is 20.9. The summed E-state index contributed by atoms with van der Waals surface area (Å²) in [5, 5.41) is 20.8. The lowest BCUT2D eigenvalue weighted by atomic mass is 9.71. The summed E-state index contributed by atoms with van der Waals surface area (Å²) in [6.45, 7) is 1.89. The molecule has 0 saturated carbocycles. The molecule has 2 aromatic carbocycles. The molecule has 5 nitrogen and oxygen atoms in total. The van der Waals surface area contributed by atoms with E-state index in [2.05, 4.69) is 12.1 Å². The molecule has 0 saturated heterocycles. The van der Waals surface area contributed by atoms with Crippen LogP contribution in [-0.2, 0) is 9.53 Å². The molecule has 0 bridgehead atoms. The van der Waals surface area contributed by atoms with Gasteiger partial charge in [-0.3, -0.25) is 0 Å². The van der Waals surface area contributed by atoms with Crippen molar-refractivity contribution in [1.29, 1.82) is 10.5 Å². The van der Waals surface area contributed by atoms with E-state index in [1.165, 1.54) is 6.26 Å². The summed E-state index contributed by atoms with van der Waals surface area (Å²) in [6.07, 6.45) is 3.10. The van der Waals surface area contributed by atoms with Crippen molar-refractivity contribution in [3.05, 3.63) is 113 Å². The monoisotopic (exact) mass is 420 g/mol. The number of hydrogen-bond acceptors (Lipinski definition) is 5. The number of hydrogen-bond donors (Lipinski definition) is 0. The standard InChI is InChI=1S/C27H20N2O3/c1-2-31-26(30)21-16-22(27(17-28,18-29)25(21)23-14-9-15-32-23)24(19-10-5-3-6-11-19)20-12-7-4-8-13-20/h3-16,25H,2H2,1H3. The number of ether oxygens (including phenoxy) is 1. The van der Waals surface area contributed by atoms with Crippen LogP contribution in [-0.4, -0.2) is 12.6 Å². The average molecular weight is 420 g/mol. The summed E-state index contributed by atoms with van der Waals surface area (Å²) in [5.74, 6) is -1.12. The Bertz CT molecular complexity index is 1200. The molecule has 0 aliphatic heterocycles. The van der Waals surface area contributed by atoms with Crippen LogP contribution in [0.15, 0.2) is 101 Å². The highest BCUT2D eigenvalue weighted by Crippen LogP contribution is 2.55. The van der Waals surface area contributed by atoms with Crippen LogP contribution in [0.25, 0.3) is 5.57 Å². The first-order valence-corrected chi connectivity index (χ1v) is 10.3. The Morgan fingerprint density at radius 2 is 1.56 bits per heavy atom. The number of benzene rings is 2. The highest BCUT2D eigenvalue weighted by molar-refractivity contribution is 5.97. The summed E-state index contributed by atoms with van der Waals surface area (Å²) in [7, 11) is 0. The van der Waals surface area contributed by atoms with Crippen molar-refractivity contribution in [2.24, 2.45) is 5.41 Å². The summed E-state index contributed by atoms with van der Waals surface area (Å²) < 4.78 is 10.9. The van der Waals surface area contributed by atoms with Gasteiger partial charge < -0.3 is 9.15 Å². The van der Waals surface area contributed by atoms with Crippen molar-refractivity contribution in [2.45, 2.75) is 12.8 Å². The van der Waals surface area contributed by atoms with E-state index < -0.39 is 17.3 Å². The third-order valence-electron chi connectivity index (χ3n) is 5.55. The number of furan rings is 1. The van der Waals surface area contributed by atoms with E-state index in [-0.39, 0.29) is 12.2 Å². The summed E-state index contributed by atoms with van der Waals surface area (Å²) in [6, 6.07) is 26.9. The van der Waals surface area contributed by atoms with Gasteiger partial charge in [-0.25, -0.2) is 4.79 Å². The topological polar surface area (TPSA) is 87.0 Å². The van der Waals surface area contributed by atoms with Gasteiger partial charge >= 0.3 is 5.97 Å². The first-order valence-electron chi connectivity index (χ1n) is 10.3. The summed E-state index contributed by atoms with van der Waals surface area (Å²) in [5.41, 5.74) is 1.38. The Morgan fingerprint density at radius 1 is 0.969 bits per heavy atom. The Kier molecular flexibility index (Phi) is 5.75. The predicted molar refractivity (Wildman–Crippen MR) is 119 cm³/mol. The molecule has 1 unspecified atom stereocenters. The van der Waals surface area contributed by atoms with Gasteiger partial charge in [0, 0.05) is 0 Å². The van der Waals surface area contributed by atoms with Crippen LogP contribution >= 0.6 is 0 Å². The molecule has 1 aliphatic rings. The minimum absolute atomic E-state index is 0.177. The molecule has 5 heteroatoms. The number of nitriles is 2. The average Bonchev–Trinajstić information content (AvgIpc) is 3.47. The third kappa shape index (κ3) is 3.41. The molecule has 0 amide bonds. The minimum Gasteiger partial charge on any atom is -0.469 e. The number of esters is 1. The third-order valence-corrected chi connectivity index (χ3v) is 5.55. The van der Waals surface area contributed by atoms with Gasteiger partial charge in [-0.2, -0.15) is 10.5 Å². The van der Waals surface area contributed by atoms with Crippen molar-refractivity contribution in [2.75, 3.05) is 6.61 Å². The molecule has 0 radical (unpaired) electrons. The molecule has 0 spiro atoms. The Balaban J connectivity index is 2.10. The van der Waals surface area contributed by atoms with Crippen molar-refractivity contribution in [3.63, 3.8) is 0 Å². The van der Waals surface area contributed by atoms with E-state index in [0.717, 1.165) is 11.1 Å². The Hall–Kier alpha value is -4.35. The second-order valence-corrected chi connectivity index (χ2v) is 7.32. The SMILES string of the molecule is CCOC(=O)C1=CC(=C(c2ccccc2)c2ccccc2)C(C#N)(C#N)C1c1ccco1. The molecular weight excluding hydrogens is 400 g/mol. The van der Waals surface area contributed by atoms with Crippen LogP contribution in [0.2, 0.25) is 0 Å². The lowest BCUT2D eigenvalue weighted by Gasteiger charge is -2.25. The second kappa shape index (κ2) is 8.79. The highest BCUT2D eigenvalue weighted by atomic mass is 16.5. The van der Waals surface area contributed by atoms with Gasteiger partial charge in [0.05, 0.1) is 36.5 Å². The van der Waals surface area contributed by atoms with Gasteiger partial charge in [0.1, 0.15) is 5.76 Å². The van der Waals surface area contributed by atoms with Crippen LogP contribution < -0.4 is 0 Å². The number of nitrogens with zero attached hydrogens (tertiary/aromatic N) is 2. The van der Waals surface area contributed by atoms with Gasteiger partial charge in [-0.05, 0) is 47.4 Å². The fourth-order valence-electron chi connectivity index (χ4n) is 4.19. The molecule has 156 valence electrons. The molecule has 1 aliphatic carbocycles. The molecule has 1 atom stereocenters. The lowest BCUT2D eigenvalue weighted by molar-refractivity contribution is -0.138. The smallest absolute Gasteiger partial charge is 0.334 e. The molecule has 0 fully saturated rings. The van der Waals surface area contributed by atoms with E-state index in [0.29, 0.717) is 16.9 Å². The zero-order valence-electron chi connectivity index (χ0n) is 17.5. The van der Waals surface area contributed by atoms with E-state index in [4.69, 9.17) is 9.15 Å². The maximum absolute atomic E-state index is 12.9. The lowest BCUT2D eigenvalue weighted by Crippen LogP contribution is -2.27. The molecule has 3 aromatic rings. The van der Waals surface area contributed by atoms with Gasteiger partial charge in [0.15, 0.2) is 5.41 Å². The Labute approximate surface area is 186 Å². The van der Waals surface area contributed by atoms with Gasteiger partial charge in [-0.1, -0.05) is 60.7 Å². The highest BCUT2D eigenvalue weighted by Gasteiger charge is 2.54. The maximum Gasteiger partial charge on any atom is 0.334 e. The molecule has 1 heterocycles. The van der Waals surface area contributed by atoms with Gasteiger partial charge in [0.25, 0.3) is 0 Å². The Morgan fingerprint density at radius 3 is 2.03 bits per heavy atom. The van der Waals surface area contributed by atoms with Crippen molar-refractivity contribution in [3.8, 4) is 12.1 Å². The van der Waals surface area contributed by atoms with Crippen molar-refractivity contribution >= 4 is 11.5 Å². The fourth-order valence-corrected chi connectivity index (χ4v) is 4.19. The number of carbonyl (C=O) groups excluding carboxylic acids is 1. The predicted octanol–water partition coefficient (Wildman–Crippen LogP) is 5.40. The first-order chi connectivity index (χ1) is 15.7.